The number of phenols is 8. The van der Waals surface area contributed by atoms with Crippen molar-refractivity contribution in [2.75, 3.05) is 6.61 Å². The second kappa shape index (κ2) is 13.2. The number of fused-ring (bicyclic) bond motifs is 2. The summed E-state index contributed by atoms with van der Waals surface area (Å²) in [6.45, 7) is -0.837. The van der Waals surface area contributed by atoms with E-state index in [0.29, 0.717) is 0 Å². The highest BCUT2D eigenvalue weighted by atomic mass is 16.5. The Bertz CT molecular complexity index is 2070. The number of aliphatic hydroxyl groups is 6. The first-order chi connectivity index (χ1) is 25.1. The van der Waals surface area contributed by atoms with Crippen LogP contribution in [0.25, 0.3) is 0 Å². The van der Waals surface area contributed by atoms with E-state index in [1.807, 2.05) is 0 Å². The fraction of sp³-hybridized carbons (Fsp3) is 0.333. The molecule has 3 heterocycles. The summed E-state index contributed by atoms with van der Waals surface area (Å²) in [6.07, 6.45) is -15.2. The summed E-state index contributed by atoms with van der Waals surface area (Å²) in [7, 11) is 0. The van der Waals surface area contributed by atoms with E-state index in [1.54, 1.807) is 0 Å². The van der Waals surface area contributed by atoms with Crippen molar-refractivity contribution >= 4 is 0 Å². The Labute approximate surface area is 298 Å². The number of hydrogen-bond donors (Lipinski definition) is 14. The van der Waals surface area contributed by atoms with Crippen LogP contribution in [0.4, 0.5) is 0 Å². The molecule has 0 spiro atoms. The second-order valence-electron chi connectivity index (χ2n) is 13.3. The van der Waals surface area contributed by atoms with Crippen LogP contribution in [-0.2, 0) is 11.2 Å². The number of ether oxygens (including phenoxy) is 3. The van der Waals surface area contributed by atoms with Crippen LogP contribution in [0, 0.1) is 0 Å². The molecular weight excluding hydrogens is 704 g/mol. The minimum Gasteiger partial charge on any atom is -0.507 e. The van der Waals surface area contributed by atoms with Gasteiger partial charge in [-0.25, -0.2) is 0 Å². The predicted octanol–water partition coefficient (Wildman–Crippen LogP) is 0.510. The third-order valence-corrected chi connectivity index (χ3v) is 10.1. The van der Waals surface area contributed by atoms with Crippen molar-refractivity contribution in [1.29, 1.82) is 0 Å². The van der Waals surface area contributed by atoms with Gasteiger partial charge in [-0.3, -0.25) is 0 Å². The van der Waals surface area contributed by atoms with E-state index in [9.17, 15) is 71.5 Å². The standard InChI is InChI=1S/C36H36O17/c37-10-23-28(46)31(49)32(50)36(52-23)25-20(44)9-22-26(29(25)47)27(30(48)34(51-22)12-2-4-15(39)18(42)6-12)24-19(43)8-16(40)13-7-21(45)33(53-35(13)24)11-1-3-14(38)17(41)5-11/h1-6,8-9,21,23,27-28,30-34,36-50H,7,10H2/t21-,23+,27-,28-,30-,31-,32+,33+,34+,36+/m0/s1. The largest absolute Gasteiger partial charge is 0.507 e. The van der Waals surface area contributed by atoms with Crippen LogP contribution >= 0.6 is 0 Å². The van der Waals surface area contributed by atoms with Gasteiger partial charge in [0.25, 0.3) is 0 Å². The molecule has 0 aliphatic carbocycles. The zero-order valence-corrected chi connectivity index (χ0v) is 27.3. The molecule has 17 heteroatoms. The van der Waals surface area contributed by atoms with Crippen LogP contribution in [0.3, 0.4) is 0 Å². The van der Waals surface area contributed by atoms with Gasteiger partial charge in [0.2, 0.25) is 0 Å². The molecular formula is C36H36O17. The smallest absolute Gasteiger partial charge is 0.157 e. The average molecular weight is 741 g/mol. The Morgan fingerprint density at radius 3 is 1.74 bits per heavy atom. The number of benzene rings is 4. The monoisotopic (exact) mass is 740 g/mol. The van der Waals surface area contributed by atoms with Crippen LogP contribution in [0.15, 0.2) is 48.5 Å². The van der Waals surface area contributed by atoms with E-state index in [1.165, 1.54) is 12.1 Å². The zero-order valence-electron chi connectivity index (χ0n) is 27.3. The number of aromatic hydroxyl groups is 8. The maximum absolute atomic E-state index is 12.2. The first-order valence-corrected chi connectivity index (χ1v) is 16.3. The van der Waals surface area contributed by atoms with Gasteiger partial charge in [-0.1, -0.05) is 12.1 Å². The lowest BCUT2D eigenvalue weighted by Crippen LogP contribution is -2.55. The first-order valence-electron chi connectivity index (χ1n) is 16.3. The Morgan fingerprint density at radius 1 is 0.528 bits per heavy atom. The fourth-order valence-corrected chi connectivity index (χ4v) is 7.38. The van der Waals surface area contributed by atoms with Crippen LogP contribution in [0.2, 0.25) is 0 Å². The van der Waals surface area contributed by atoms with Crippen LogP contribution in [0.5, 0.6) is 57.5 Å². The van der Waals surface area contributed by atoms with Crippen molar-refractivity contribution in [3.63, 3.8) is 0 Å². The lowest BCUT2D eigenvalue weighted by Gasteiger charge is -2.42. The first kappa shape index (κ1) is 36.0. The van der Waals surface area contributed by atoms with Crippen molar-refractivity contribution in [1.82, 2.24) is 0 Å². The number of rotatable bonds is 5. The van der Waals surface area contributed by atoms with E-state index >= 15 is 0 Å². The second-order valence-corrected chi connectivity index (χ2v) is 13.3. The number of phenolic OH excluding ortho intramolecular Hbond substituents is 8. The van der Waals surface area contributed by atoms with E-state index < -0.39 is 119 Å². The maximum atomic E-state index is 12.2. The van der Waals surface area contributed by atoms with Gasteiger partial charge in [0.1, 0.15) is 77.2 Å². The van der Waals surface area contributed by atoms with Gasteiger partial charge in [-0.15, -0.1) is 0 Å². The van der Waals surface area contributed by atoms with E-state index in [0.717, 1.165) is 36.4 Å². The molecule has 0 unspecified atom stereocenters. The Balaban J connectivity index is 1.46. The molecule has 10 atom stereocenters. The quantitative estimate of drug-likeness (QED) is 0.124. The van der Waals surface area contributed by atoms with Gasteiger partial charge < -0.3 is 85.7 Å². The molecule has 4 aromatic rings. The highest BCUT2D eigenvalue weighted by Crippen LogP contribution is 2.59. The van der Waals surface area contributed by atoms with Crippen molar-refractivity contribution in [3.8, 4) is 57.5 Å². The summed E-state index contributed by atoms with van der Waals surface area (Å²) in [5.74, 6) is -7.22. The average Bonchev–Trinajstić information content (AvgIpc) is 3.11. The Hall–Kier alpha value is -5.40. The molecule has 14 N–H and O–H groups in total. The van der Waals surface area contributed by atoms with Crippen molar-refractivity contribution < 1.29 is 85.7 Å². The highest BCUT2D eigenvalue weighted by Gasteiger charge is 2.50. The molecule has 7 rings (SSSR count). The van der Waals surface area contributed by atoms with Gasteiger partial charge in [0.05, 0.1) is 24.2 Å². The van der Waals surface area contributed by atoms with Crippen LogP contribution in [-0.4, -0.2) is 115 Å². The van der Waals surface area contributed by atoms with Gasteiger partial charge in [-0.2, -0.15) is 0 Å². The van der Waals surface area contributed by atoms with Gasteiger partial charge in [-0.05, 0) is 35.4 Å². The molecule has 1 fully saturated rings. The SMILES string of the molecule is OC[C@H]1O[C@H](c2c(O)cc3c(c2O)[C@H](c2c(O)cc(O)c4c2O[C@H](c2ccc(O)c(O)c2)[C@@H](O)C4)[C@H](O)[C@@H](c2ccc(O)c(O)c2)O3)[C@H](O)[C@@H](O)[C@H]1O. The highest BCUT2D eigenvalue weighted by molar-refractivity contribution is 5.68. The molecule has 0 bridgehead atoms. The zero-order chi connectivity index (χ0) is 38.2. The van der Waals surface area contributed by atoms with Gasteiger partial charge in [0, 0.05) is 35.2 Å². The molecule has 0 amide bonds. The molecule has 3 aliphatic rings. The van der Waals surface area contributed by atoms with Gasteiger partial charge in [0.15, 0.2) is 29.1 Å². The number of hydrogen-bond acceptors (Lipinski definition) is 17. The summed E-state index contributed by atoms with van der Waals surface area (Å²) in [4.78, 5) is 0. The number of aliphatic hydroxyl groups excluding tert-OH is 6. The fourth-order valence-electron chi connectivity index (χ4n) is 7.38. The van der Waals surface area contributed by atoms with Crippen molar-refractivity contribution in [3.05, 3.63) is 81.9 Å². The summed E-state index contributed by atoms with van der Waals surface area (Å²) >= 11 is 0. The van der Waals surface area contributed by atoms with E-state index in [4.69, 9.17) is 14.2 Å². The summed E-state index contributed by atoms with van der Waals surface area (Å²) in [5.41, 5.74) is -1.02. The molecule has 3 aliphatic heterocycles. The van der Waals surface area contributed by atoms with Crippen molar-refractivity contribution in [2.45, 2.75) is 67.3 Å². The normalized spacial score (nSPS) is 29.4. The maximum Gasteiger partial charge on any atom is 0.157 e. The molecule has 0 saturated carbocycles. The molecule has 17 nitrogen and oxygen atoms in total. The molecule has 4 aromatic carbocycles. The Morgan fingerprint density at radius 2 is 1.13 bits per heavy atom. The lowest BCUT2D eigenvalue weighted by molar-refractivity contribution is -0.232. The Kier molecular flexibility index (Phi) is 8.98. The third-order valence-electron chi connectivity index (χ3n) is 10.1. The third kappa shape index (κ3) is 5.78. The summed E-state index contributed by atoms with van der Waals surface area (Å²) in [6, 6.07) is 9.03. The molecule has 0 aromatic heterocycles. The van der Waals surface area contributed by atoms with Gasteiger partial charge >= 0.3 is 0 Å². The van der Waals surface area contributed by atoms with E-state index in [2.05, 4.69) is 0 Å². The lowest BCUT2D eigenvalue weighted by atomic mass is 9.76. The predicted molar refractivity (Wildman–Crippen MR) is 176 cm³/mol. The minimum atomic E-state index is -1.98. The minimum absolute atomic E-state index is 0.0453. The molecule has 282 valence electrons. The van der Waals surface area contributed by atoms with Crippen LogP contribution in [0.1, 0.15) is 57.6 Å². The summed E-state index contributed by atoms with van der Waals surface area (Å²) < 4.78 is 17.9. The molecule has 1 saturated heterocycles. The van der Waals surface area contributed by atoms with E-state index in [-0.39, 0.29) is 45.7 Å². The van der Waals surface area contributed by atoms with Crippen LogP contribution < -0.4 is 9.47 Å². The molecule has 0 radical (unpaired) electrons. The molecule has 53 heavy (non-hydrogen) atoms. The van der Waals surface area contributed by atoms with Crippen molar-refractivity contribution in [2.24, 2.45) is 0 Å². The summed E-state index contributed by atoms with van der Waals surface area (Å²) in [5, 5.41) is 151. The topological polar surface area (TPSA) is 311 Å².